The summed E-state index contributed by atoms with van der Waals surface area (Å²) in [6.07, 6.45) is 2.61. The molecule has 1 atom stereocenters. The van der Waals surface area contributed by atoms with Crippen molar-refractivity contribution < 1.29 is 0 Å². The van der Waals surface area contributed by atoms with Gasteiger partial charge in [-0.15, -0.1) is 0 Å². The highest BCUT2D eigenvalue weighted by molar-refractivity contribution is 4.75. The zero-order chi connectivity index (χ0) is 13.4. The molecule has 1 saturated heterocycles. The van der Waals surface area contributed by atoms with Gasteiger partial charge in [-0.2, -0.15) is 0 Å². The van der Waals surface area contributed by atoms with Crippen molar-refractivity contribution in [2.75, 3.05) is 74.0 Å². The minimum absolute atomic E-state index is 0.883. The summed E-state index contributed by atoms with van der Waals surface area (Å²) in [6, 6.07) is 0. The molecule has 0 bridgehead atoms. The van der Waals surface area contributed by atoms with Crippen molar-refractivity contribution in [1.29, 1.82) is 0 Å². The molecule has 1 aliphatic heterocycles. The Morgan fingerprint density at radius 3 is 2.56 bits per heavy atom. The lowest BCUT2D eigenvalue weighted by atomic mass is 10.1. The van der Waals surface area contributed by atoms with Gasteiger partial charge in [-0.05, 0) is 66.6 Å². The largest absolute Gasteiger partial charge is 0.315 e. The fourth-order valence-corrected chi connectivity index (χ4v) is 2.62. The van der Waals surface area contributed by atoms with E-state index in [1.807, 2.05) is 0 Å². The molecule has 4 nitrogen and oxygen atoms in total. The first-order chi connectivity index (χ1) is 8.58. The lowest BCUT2D eigenvalue weighted by Crippen LogP contribution is -2.34. The second kappa shape index (κ2) is 8.86. The van der Waals surface area contributed by atoms with Gasteiger partial charge in [0.2, 0.25) is 0 Å². The van der Waals surface area contributed by atoms with Crippen molar-refractivity contribution in [2.45, 2.75) is 12.8 Å². The molecule has 18 heavy (non-hydrogen) atoms. The van der Waals surface area contributed by atoms with Gasteiger partial charge in [0, 0.05) is 26.2 Å². The van der Waals surface area contributed by atoms with Crippen LogP contribution < -0.4 is 5.32 Å². The van der Waals surface area contributed by atoms with E-state index < -0.39 is 0 Å². The Labute approximate surface area is 113 Å². The van der Waals surface area contributed by atoms with Crippen molar-refractivity contribution in [3.05, 3.63) is 0 Å². The van der Waals surface area contributed by atoms with Crippen LogP contribution in [0.5, 0.6) is 0 Å². The molecule has 0 amide bonds. The molecule has 0 aromatic carbocycles. The number of hydrogen-bond donors (Lipinski definition) is 1. The first kappa shape index (κ1) is 15.9. The average Bonchev–Trinajstić information content (AvgIpc) is 2.68. The third-order valence-electron chi connectivity index (χ3n) is 3.69. The van der Waals surface area contributed by atoms with Crippen LogP contribution in [0.2, 0.25) is 0 Å². The zero-order valence-electron chi connectivity index (χ0n) is 12.8. The van der Waals surface area contributed by atoms with E-state index >= 15 is 0 Å². The molecule has 4 heteroatoms. The van der Waals surface area contributed by atoms with E-state index in [4.69, 9.17) is 0 Å². The van der Waals surface area contributed by atoms with Crippen molar-refractivity contribution in [3.63, 3.8) is 0 Å². The van der Waals surface area contributed by atoms with E-state index in [1.165, 1.54) is 45.6 Å². The number of likely N-dealkylation sites (tertiary alicyclic amines) is 1. The molecule has 1 rings (SSSR count). The quantitative estimate of drug-likeness (QED) is 0.603. The molecule has 0 saturated carbocycles. The van der Waals surface area contributed by atoms with Crippen molar-refractivity contribution in [3.8, 4) is 0 Å². The van der Waals surface area contributed by atoms with E-state index in [9.17, 15) is 0 Å². The summed E-state index contributed by atoms with van der Waals surface area (Å²) >= 11 is 0. The summed E-state index contributed by atoms with van der Waals surface area (Å²) in [6.45, 7) is 8.41. The van der Waals surface area contributed by atoms with Crippen LogP contribution in [0.15, 0.2) is 0 Å². The number of likely N-dealkylation sites (N-methyl/N-ethyl adjacent to an activating group) is 1. The molecule has 108 valence electrons. The van der Waals surface area contributed by atoms with Crippen LogP contribution >= 0.6 is 0 Å². The third-order valence-corrected chi connectivity index (χ3v) is 3.69. The Morgan fingerprint density at radius 1 is 1.17 bits per heavy atom. The molecule has 0 aromatic rings. The molecule has 1 aliphatic rings. The zero-order valence-corrected chi connectivity index (χ0v) is 12.8. The highest BCUT2D eigenvalue weighted by Crippen LogP contribution is 2.14. The van der Waals surface area contributed by atoms with Crippen molar-refractivity contribution >= 4 is 0 Å². The average molecular weight is 256 g/mol. The molecular weight excluding hydrogens is 224 g/mol. The van der Waals surface area contributed by atoms with Gasteiger partial charge in [0.15, 0.2) is 0 Å². The standard InChI is InChI=1S/C14H32N4/c1-16(2)9-5-7-15-8-11-18(4)13-14-6-10-17(3)12-14/h14-15H,5-13H2,1-4H3. The molecule has 0 aliphatic carbocycles. The van der Waals surface area contributed by atoms with E-state index in [2.05, 4.69) is 48.2 Å². The molecule has 0 spiro atoms. The summed E-state index contributed by atoms with van der Waals surface area (Å²) in [5.74, 6) is 0.883. The van der Waals surface area contributed by atoms with Gasteiger partial charge in [-0.1, -0.05) is 0 Å². The van der Waals surface area contributed by atoms with Gasteiger partial charge in [0.05, 0.1) is 0 Å². The Kier molecular flexibility index (Phi) is 7.82. The van der Waals surface area contributed by atoms with Gasteiger partial charge in [0.1, 0.15) is 0 Å². The minimum Gasteiger partial charge on any atom is -0.315 e. The summed E-state index contributed by atoms with van der Waals surface area (Å²) in [5.41, 5.74) is 0. The number of nitrogens with zero attached hydrogens (tertiary/aromatic N) is 3. The van der Waals surface area contributed by atoms with Crippen LogP contribution in [0.4, 0.5) is 0 Å². The topological polar surface area (TPSA) is 21.8 Å². The first-order valence-electron chi connectivity index (χ1n) is 7.30. The summed E-state index contributed by atoms with van der Waals surface area (Å²) in [5, 5.41) is 3.53. The predicted molar refractivity (Wildman–Crippen MR) is 79.1 cm³/mol. The smallest absolute Gasteiger partial charge is 0.0104 e. The monoisotopic (exact) mass is 256 g/mol. The van der Waals surface area contributed by atoms with Crippen molar-refractivity contribution in [2.24, 2.45) is 5.92 Å². The molecule has 1 unspecified atom stereocenters. The second-order valence-corrected chi connectivity index (χ2v) is 6.09. The number of hydrogen-bond acceptors (Lipinski definition) is 4. The number of nitrogens with one attached hydrogen (secondary N) is 1. The van der Waals surface area contributed by atoms with Gasteiger partial charge < -0.3 is 20.0 Å². The van der Waals surface area contributed by atoms with Crippen LogP contribution in [0.3, 0.4) is 0 Å². The fraction of sp³-hybridized carbons (Fsp3) is 1.00. The minimum atomic E-state index is 0.883. The maximum atomic E-state index is 3.53. The first-order valence-corrected chi connectivity index (χ1v) is 7.30. The molecular formula is C14H32N4. The fourth-order valence-electron chi connectivity index (χ4n) is 2.62. The van der Waals surface area contributed by atoms with E-state index in [0.717, 1.165) is 19.0 Å². The Bertz CT molecular complexity index is 208. The van der Waals surface area contributed by atoms with Gasteiger partial charge in [0.25, 0.3) is 0 Å². The molecule has 0 aromatic heterocycles. The molecule has 1 N–H and O–H groups in total. The van der Waals surface area contributed by atoms with Crippen LogP contribution in [0.1, 0.15) is 12.8 Å². The normalized spacial score (nSPS) is 21.3. The maximum Gasteiger partial charge on any atom is 0.0104 e. The molecule has 1 heterocycles. The van der Waals surface area contributed by atoms with E-state index in [-0.39, 0.29) is 0 Å². The second-order valence-electron chi connectivity index (χ2n) is 6.09. The highest BCUT2D eigenvalue weighted by atomic mass is 15.2. The van der Waals surface area contributed by atoms with Crippen LogP contribution in [-0.4, -0.2) is 88.7 Å². The van der Waals surface area contributed by atoms with Gasteiger partial charge in [-0.25, -0.2) is 0 Å². The predicted octanol–water partition coefficient (Wildman–Crippen LogP) is 0.411. The van der Waals surface area contributed by atoms with Crippen LogP contribution in [-0.2, 0) is 0 Å². The van der Waals surface area contributed by atoms with Crippen LogP contribution in [0.25, 0.3) is 0 Å². The molecule has 1 fully saturated rings. The van der Waals surface area contributed by atoms with Crippen molar-refractivity contribution in [1.82, 2.24) is 20.0 Å². The van der Waals surface area contributed by atoms with Gasteiger partial charge in [-0.3, -0.25) is 0 Å². The lowest BCUT2D eigenvalue weighted by Gasteiger charge is -2.21. The Morgan fingerprint density at radius 2 is 1.94 bits per heavy atom. The molecule has 0 radical (unpaired) electrons. The van der Waals surface area contributed by atoms with Crippen LogP contribution in [0, 0.1) is 5.92 Å². The summed E-state index contributed by atoms with van der Waals surface area (Å²) in [7, 11) is 8.74. The maximum absolute atomic E-state index is 3.53. The summed E-state index contributed by atoms with van der Waals surface area (Å²) < 4.78 is 0. The van der Waals surface area contributed by atoms with E-state index in [1.54, 1.807) is 0 Å². The lowest BCUT2D eigenvalue weighted by molar-refractivity contribution is 0.272. The number of rotatable bonds is 9. The Balaban J connectivity index is 1.92. The van der Waals surface area contributed by atoms with E-state index in [0.29, 0.717) is 0 Å². The third kappa shape index (κ3) is 7.31. The SMILES string of the molecule is CN(C)CCCNCCN(C)CC1CCN(C)C1. The summed E-state index contributed by atoms with van der Waals surface area (Å²) in [4.78, 5) is 7.16. The Hall–Kier alpha value is -0.160. The van der Waals surface area contributed by atoms with Gasteiger partial charge >= 0.3 is 0 Å². The highest BCUT2D eigenvalue weighted by Gasteiger charge is 2.20.